The first-order chi connectivity index (χ1) is 9.30. The summed E-state index contributed by atoms with van der Waals surface area (Å²) in [5.41, 5.74) is -0.683. The molecule has 0 aromatic heterocycles. The van der Waals surface area contributed by atoms with E-state index in [2.05, 4.69) is 5.32 Å². The van der Waals surface area contributed by atoms with E-state index in [1.54, 1.807) is 19.9 Å². The van der Waals surface area contributed by atoms with E-state index in [0.29, 0.717) is 6.54 Å². The van der Waals surface area contributed by atoms with Crippen LogP contribution in [0.4, 0.5) is 5.69 Å². The number of ether oxygens (including phenoxy) is 1. The van der Waals surface area contributed by atoms with Crippen molar-refractivity contribution in [2.24, 2.45) is 0 Å². The van der Waals surface area contributed by atoms with E-state index < -0.39 is 16.4 Å². The Hall–Kier alpha value is -2.15. The van der Waals surface area contributed by atoms with Crippen LogP contribution in [-0.4, -0.2) is 34.7 Å². The van der Waals surface area contributed by atoms with Crippen LogP contribution < -0.4 is 10.1 Å². The van der Waals surface area contributed by atoms with Gasteiger partial charge in [-0.05, 0) is 32.0 Å². The Morgan fingerprint density at radius 2 is 2.20 bits per heavy atom. The molecule has 0 saturated carbocycles. The van der Waals surface area contributed by atoms with E-state index in [1.165, 1.54) is 19.1 Å². The molecule has 0 amide bonds. The lowest BCUT2D eigenvalue weighted by Crippen LogP contribution is -2.53. The Morgan fingerprint density at radius 3 is 2.70 bits per heavy atom. The van der Waals surface area contributed by atoms with E-state index in [4.69, 9.17) is 4.74 Å². The fourth-order valence-corrected chi connectivity index (χ4v) is 1.69. The third-order valence-electron chi connectivity index (χ3n) is 2.87. The first-order valence-electron chi connectivity index (χ1n) is 6.16. The molecule has 0 heterocycles. The molecule has 0 spiro atoms. The van der Waals surface area contributed by atoms with Crippen molar-refractivity contribution >= 4 is 11.7 Å². The quantitative estimate of drug-likeness (QED) is 0.583. The Bertz CT molecular complexity index is 517. The summed E-state index contributed by atoms with van der Waals surface area (Å²) >= 11 is 0. The lowest BCUT2D eigenvalue weighted by Gasteiger charge is -2.25. The minimum atomic E-state index is -1.30. The van der Waals surface area contributed by atoms with Crippen LogP contribution in [-0.2, 0) is 4.79 Å². The van der Waals surface area contributed by atoms with Gasteiger partial charge in [0.15, 0.2) is 5.75 Å². The Balaban J connectivity index is 2.96. The van der Waals surface area contributed by atoms with Gasteiger partial charge in [0.2, 0.25) is 0 Å². The molecule has 1 atom stereocenters. The van der Waals surface area contributed by atoms with Gasteiger partial charge in [0.1, 0.15) is 12.1 Å². The monoisotopic (exact) mass is 282 g/mol. The second-order valence-corrected chi connectivity index (χ2v) is 4.68. The smallest absolute Gasteiger partial charge is 0.327 e. The highest BCUT2D eigenvalue weighted by molar-refractivity contribution is 5.78. The third-order valence-corrected chi connectivity index (χ3v) is 2.87. The average molecular weight is 282 g/mol. The van der Waals surface area contributed by atoms with Gasteiger partial charge in [-0.2, -0.15) is 0 Å². The summed E-state index contributed by atoms with van der Waals surface area (Å²) in [6, 6.07) is 4.47. The molecule has 7 nitrogen and oxygen atoms in total. The number of nitro benzene ring substituents is 1. The highest BCUT2D eigenvalue weighted by atomic mass is 16.6. The van der Waals surface area contributed by atoms with Crippen molar-refractivity contribution in [3.05, 3.63) is 33.9 Å². The topological polar surface area (TPSA) is 102 Å². The first-order valence-corrected chi connectivity index (χ1v) is 6.16. The highest BCUT2D eigenvalue weighted by Crippen LogP contribution is 2.28. The fraction of sp³-hybridized carbons (Fsp3) is 0.462. The molecule has 0 aliphatic heterocycles. The minimum Gasteiger partial charge on any atom is -0.484 e. The maximum absolute atomic E-state index is 11.2. The molecule has 0 bridgehead atoms. The SMILES string of the molecule is CCNC(C)(COc1cc(C)ccc1[N+](=O)[O-])C(=O)O. The van der Waals surface area contributed by atoms with Gasteiger partial charge in [-0.15, -0.1) is 0 Å². The third kappa shape index (κ3) is 3.67. The zero-order chi connectivity index (χ0) is 15.3. The van der Waals surface area contributed by atoms with Crippen LogP contribution in [0.2, 0.25) is 0 Å². The molecule has 0 saturated heterocycles. The second kappa shape index (κ2) is 6.33. The van der Waals surface area contributed by atoms with Gasteiger partial charge in [0.05, 0.1) is 4.92 Å². The van der Waals surface area contributed by atoms with Crippen LogP contribution in [0.25, 0.3) is 0 Å². The summed E-state index contributed by atoms with van der Waals surface area (Å²) in [7, 11) is 0. The zero-order valence-electron chi connectivity index (χ0n) is 11.7. The summed E-state index contributed by atoms with van der Waals surface area (Å²) in [5, 5.41) is 22.9. The number of hydrogen-bond donors (Lipinski definition) is 2. The molecule has 0 aliphatic rings. The number of likely N-dealkylation sites (N-methyl/N-ethyl adjacent to an activating group) is 1. The van der Waals surface area contributed by atoms with Crippen molar-refractivity contribution in [3.8, 4) is 5.75 Å². The summed E-state index contributed by atoms with van der Waals surface area (Å²) < 4.78 is 5.37. The molecule has 20 heavy (non-hydrogen) atoms. The van der Waals surface area contributed by atoms with Crippen molar-refractivity contribution in [3.63, 3.8) is 0 Å². The van der Waals surface area contributed by atoms with E-state index in [1.807, 2.05) is 0 Å². The summed E-state index contributed by atoms with van der Waals surface area (Å²) in [6.07, 6.45) is 0. The van der Waals surface area contributed by atoms with Gasteiger partial charge in [-0.3, -0.25) is 20.2 Å². The molecule has 1 aromatic carbocycles. The molecular formula is C13H18N2O5. The number of nitrogens with one attached hydrogen (secondary N) is 1. The Kier molecular flexibility index (Phi) is 5.04. The number of benzene rings is 1. The summed E-state index contributed by atoms with van der Waals surface area (Å²) in [5.74, 6) is -1.00. The molecule has 1 rings (SSSR count). The number of aryl methyl sites for hydroxylation is 1. The number of nitro groups is 1. The first kappa shape index (κ1) is 15.9. The molecule has 1 aromatic rings. The molecule has 1 unspecified atom stereocenters. The van der Waals surface area contributed by atoms with Crippen molar-refractivity contribution in [1.29, 1.82) is 0 Å². The Morgan fingerprint density at radius 1 is 1.55 bits per heavy atom. The molecule has 2 N–H and O–H groups in total. The van der Waals surface area contributed by atoms with Crippen LogP contribution in [0.15, 0.2) is 18.2 Å². The standard InChI is InChI=1S/C13H18N2O5/c1-4-14-13(3,12(16)17)8-20-11-7-9(2)5-6-10(11)15(18)19/h5-7,14H,4,8H2,1-3H3,(H,16,17). The highest BCUT2D eigenvalue weighted by Gasteiger charge is 2.34. The van der Waals surface area contributed by atoms with Gasteiger partial charge in [-0.1, -0.05) is 13.0 Å². The fourth-order valence-electron chi connectivity index (χ4n) is 1.69. The largest absolute Gasteiger partial charge is 0.484 e. The number of nitrogens with zero attached hydrogens (tertiary/aromatic N) is 1. The molecule has 0 aliphatic carbocycles. The molecular weight excluding hydrogens is 264 g/mol. The molecule has 0 fully saturated rings. The van der Waals surface area contributed by atoms with Crippen molar-refractivity contribution in [1.82, 2.24) is 5.32 Å². The summed E-state index contributed by atoms with van der Waals surface area (Å²) in [4.78, 5) is 21.6. The number of rotatable bonds is 7. The van der Waals surface area contributed by atoms with Gasteiger partial charge in [-0.25, -0.2) is 0 Å². The maximum atomic E-state index is 11.2. The molecule has 0 radical (unpaired) electrons. The average Bonchev–Trinajstić information content (AvgIpc) is 2.36. The van der Waals surface area contributed by atoms with Crippen molar-refractivity contribution in [2.45, 2.75) is 26.3 Å². The maximum Gasteiger partial charge on any atom is 0.327 e. The lowest BCUT2D eigenvalue weighted by molar-refractivity contribution is -0.385. The van der Waals surface area contributed by atoms with Gasteiger partial charge in [0, 0.05) is 6.07 Å². The normalized spacial score (nSPS) is 13.6. The number of carbonyl (C=O) groups is 1. The zero-order valence-corrected chi connectivity index (χ0v) is 11.7. The van der Waals surface area contributed by atoms with Crippen LogP contribution in [0, 0.1) is 17.0 Å². The van der Waals surface area contributed by atoms with E-state index in [9.17, 15) is 20.0 Å². The van der Waals surface area contributed by atoms with Gasteiger partial charge in [0.25, 0.3) is 0 Å². The number of aliphatic carboxylic acids is 1. The second-order valence-electron chi connectivity index (χ2n) is 4.68. The van der Waals surface area contributed by atoms with Gasteiger partial charge >= 0.3 is 11.7 Å². The predicted molar refractivity (Wildman–Crippen MR) is 73.0 cm³/mol. The van der Waals surface area contributed by atoms with E-state index >= 15 is 0 Å². The number of hydrogen-bond acceptors (Lipinski definition) is 5. The van der Waals surface area contributed by atoms with Crippen LogP contribution in [0.3, 0.4) is 0 Å². The van der Waals surface area contributed by atoms with E-state index in [-0.39, 0.29) is 18.0 Å². The van der Waals surface area contributed by atoms with Crippen molar-refractivity contribution in [2.75, 3.05) is 13.2 Å². The Labute approximate surface area is 116 Å². The molecule has 110 valence electrons. The predicted octanol–water partition coefficient (Wildman–Crippen LogP) is 1.73. The van der Waals surface area contributed by atoms with E-state index in [0.717, 1.165) is 5.56 Å². The minimum absolute atomic E-state index is 0.0698. The lowest BCUT2D eigenvalue weighted by atomic mass is 10.0. The van der Waals surface area contributed by atoms with Gasteiger partial charge < -0.3 is 9.84 Å². The summed E-state index contributed by atoms with van der Waals surface area (Å²) in [6.45, 7) is 5.26. The van der Waals surface area contributed by atoms with Crippen LogP contribution >= 0.6 is 0 Å². The van der Waals surface area contributed by atoms with Crippen molar-refractivity contribution < 1.29 is 19.6 Å². The van der Waals surface area contributed by atoms with Crippen LogP contribution in [0.5, 0.6) is 5.75 Å². The number of carboxylic acid groups (broad SMARTS) is 1. The molecule has 7 heteroatoms. The van der Waals surface area contributed by atoms with Crippen LogP contribution in [0.1, 0.15) is 19.4 Å². The number of carboxylic acids is 1.